The molecule has 2 heterocycles. The molecule has 2 fully saturated rings. The number of nitrogens with one attached hydrogen (secondary N) is 1. The Hall–Kier alpha value is -4.66. The van der Waals surface area contributed by atoms with Crippen LogP contribution in [-0.2, 0) is 24.6 Å². The minimum Gasteiger partial charge on any atom is -0.493 e. The number of carboxylic acid groups (broad SMARTS) is 1. The maximum atomic E-state index is 11.8. The van der Waals surface area contributed by atoms with Crippen LogP contribution in [0.5, 0.6) is 17.2 Å². The van der Waals surface area contributed by atoms with E-state index >= 15 is 0 Å². The van der Waals surface area contributed by atoms with Gasteiger partial charge in [0, 0.05) is 55.8 Å². The second kappa shape index (κ2) is 16.1. The van der Waals surface area contributed by atoms with E-state index in [0.717, 1.165) is 71.6 Å². The molecule has 266 valence electrons. The second-order valence-electron chi connectivity index (χ2n) is 13.4. The fourth-order valence-corrected chi connectivity index (χ4v) is 6.68. The average Bonchev–Trinajstić information content (AvgIpc) is 3.82. The van der Waals surface area contributed by atoms with Gasteiger partial charge in [-0.2, -0.15) is 5.26 Å². The zero-order valence-electron chi connectivity index (χ0n) is 29.0. The molecule has 3 N–H and O–H groups in total. The Morgan fingerprint density at radius 1 is 1.00 bits per heavy atom. The largest absolute Gasteiger partial charge is 0.493 e. The molecule has 1 aromatic heterocycles. The molecule has 1 saturated heterocycles. The number of nitrogens with zero attached hydrogens (tertiary/aromatic N) is 3. The molecule has 0 spiro atoms. The number of likely N-dealkylation sites (tertiary alicyclic amines) is 1. The smallest absolute Gasteiger partial charge is 0.323 e. The van der Waals surface area contributed by atoms with Gasteiger partial charge in [-0.25, -0.2) is 0 Å². The summed E-state index contributed by atoms with van der Waals surface area (Å²) < 4.78 is 18.7. The van der Waals surface area contributed by atoms with Gasteiger partial charge in [0.25, 0.3) is 0 Å². The number of β-amino-alcohol motifs (C(OH)–C–C–N with tert-alkyl or cyclic N) is 1. The van der Waals surface area contributed by atoms with Crippen molar-refractivity contribution in [3.05, 3.63) is 105 Å². The number of hydrogen-bond donors (Lipinski definition) is 3. The van der Waals surface area contributed by atoms with Crippen LogP contribution in [0.4, 0.5) is 0 Å². The van der Waals surface area contributed by atoms with Crippen LogP contribution in [0.3, 0.4) is 0 Å². The number of nitriles is 1. The molecule has 3 aromatic carbocycles. The average molecular weight is 711 g/mol. The monoisotopic (exact) mass is 710 g/mol. The third-order valence-corrected chi connectivity index (χ3v) is 10.0. The van der Waals surface area contributed by atoms with E-state index < -0.39 is 11.5 Å². The van der Waals surface area contributed by atoms with Crippen molar-refractivity contribution >= 4 is 17.6 Å². The third-order valence-electron chi connectivity index (χ3n) is 9.74. The van der Waals surface area contributed by atoms with Gasteiger partial charge in [-0.15, -0.1) is 0 Å². The van der Waals surface area contributed by atoms with E-state index in [9.17, 15) is 20.3 Å². The number of ether oxygens (including phenoxy) is 3. The third kappa shape index (κ3) is 8.81. The van der Waals surface area contributed by atoms with Crippen LogP contribution < -0.4 is 19.5 Å². The summed E-state index contributed by atoms with van der Waals surface area (Å²) in [4.78, 5) is 18.2. The fourth-order valence-electron chi connectivity index (χ4n) is 6.44. The van der Waals surface area contributed by atoms with Crippen molar-refractivity contribution in [1.29, 1.82) is 5.26 Å². The fraction of sp³-hybridized carbons (Fsp3) is 0.375. The van der Waals surface area contributed by atoms with Gasteiger partial charge in [0.15, 0.2) is 0 Å². The van der Waals surface area contributed by atoms with E-state index in [0.29, 0.717) is 47.1 Å². The van der Waals surface area contributed by atoms with Gasteiger partial charge in [0.1, 0.15) is 42.1 Å². The van der Waals surface area contributed by atoms with Gasteiger partial charge in [-0.3, -0.25) is 15.1 Å². The molecule has 0 amide bonds. The Morgan fingerprint density at radius 3 is 2.49 bits per heavy atom. The van der Waals surface area contributed by atoms with E-state index in [1.165, 1.54) is 6.20 Å². The highest BCUT2D eigenvalue weighted by Gasteiger charge is 2.50. The van der Waals surface area contributed by atoms with Crippen LogP contribution in [-0.4, -0.2) is 64.0 Å². The lowest BCUT2D eigenvalue weighted by atomic mass is 9.93. The van der Waals surface area contributed by atoms with Crippen LogP contribution in [0.25, 0.3) is 11.1 Å². The van der Waals surface area contributed by atoms with E-state index in [2.05, 4.69) is 47.3 Å². The van der Waals surface area contributed by atoms with Crippen molar-refractivity contribution in [3.8, 4) is 34.4 Å². The summed E-state index contributed by atoms with van der Waals surface area (Å²) in [6, 6.07) is 19.6. The summed E-state index contributed by atoms with van der Waals surface area (Å²) in [6.45, 7) is 7.99. The number of rotatable bonds is 16. The summed E-state index contributed by atoms with van der Waals surface area (Å²) in [5.74, 6) is 0.896. The maximum absolute atomic E-state index is 11.8. The minimum absolute atomic E-state index is 0.145. The standard InChI is InChI=1S/C40H43ClN4O6/c1-26-30(6-3-7-33(26)34-8-4-9-36(27(34)2)49-15-5-13-45-14-10-32(46)23-45)25-51-38-18-37(50-24-29-16-28(19-42)20-43-21-29)31(17-35(38)41)22-44-40(11-12-40)39(47)48/h3-4,6-9,16-18,20-21,32,44,46H,5,10-15,22-25H2,1-2H3,(H,47,48). The molecule has 4 aromatic rings. The number of aliphatic hydroxyl groups excluding tert-OH is 1. The van der Waals surface area contributed by atoms with E-state index in [1.807, 2.05) is 24.3 Å². The summed E-state index contributed by atoms with van der Waals surface area (Å²) >= 11 is 6.75. The molecule has 1 saturated carbocycles. The predicted octanol–water partition coefficient (Wildman–Crippen LogP) is 6.59. The predicted molar refractivity (Wildman–Crippen MR) is 194 cm³/mol. The summed E-state index contributed by atoms with van der Waals surface area (Å²) in [6.07, 6.45) is 5.76. The lowest BCUT2D eigenvalue weighted by molar-refractivity contribution is -0.140. The number of hydrogen-bond acceptors (Lipinski definition) is 9. The molecule has 11 heteroatoms. The van der Waals surface area contributed by atoms with Crippen molar-refractivity contribution < 1.29 is 29.2 Å². The molecular weight excluding hydrogens is 668 g/mol. The number of halogens is 1. The molecule has 10 nitrogen and oxygen atoms in total. The number of aliphatic hydroxyl groups is 1. The van der Waals surface area contributed by atoms with Gasteiger partial charge < -0.3 is 29.3 Å². The van der Waals surface area contributed by atoms with E-state index in [4.69, 9.17) is 25.8 Å². The SMILES string of the molecule is Cc1c(COc2cc(OCc3cncc(C#N)c3)c(CNC3(C(=O)O)CC3)cc2Cl)cccc1-c1cccc(OCCCN2CCC(O)C2)c1C. The second-order valence-corrected chi connectivity index (χ2v) is 13.8. The zero-order valence-corrected chi connectivity index (χ0v) is 29.7. The summed E-state index contributed by atoms with van der Waals surface area (Å²) in [5, 5.41) is 32.3. The van der Waals surface area contributed by atoms with Gasteiger partial charge in [-0.1, -0.05) is 41.9 Å². The molecule has 1 atom stereocenters. The number of benzene rings is 3. The van der Waals surface area contributed by atoms with Crippen molar-refractivity contribution in [1.82, 2.24) is 15.2 Å². The normalized spacial score (nSPS) is 16.4. The van der Waals surface area contributed by atoms with Crippen LogP contribution in [0.15, 0.2) is 67.0 Å². The number of pyridine rings is 1. The van der Waals surface area contributed by atoms with E-state index in [1.54, 1.807) is 24.4 Å². The first-order chi connectivity index (χ1) is 24.7. The highest BCUT2D eigenvalue weighted by molar-refractivity contribution is 6.32. The Balaban J connectivity index is 1.16. The van der Waals surface area contributed by atoms with Gasteiger partial charge in [0.05, 0.1) is 23.3 Å². The van der Waals surface area contributed by atoms with Crippen molar-refractivity contribution in [2.45, 2.75) is 70.9 Å². The minimum atomic E-state index is -0.935. The number of carbonyl (C=O) groups is 1. The molecule has 6 rings (SSSR count). The Kier molecular flexibility index (Phi) is 11.4. The van der Waals surface area contributed by atoms with Crippen molar-refractivity contribution in [3.63, 3.8) is 0 Å². The van der Waals surface area contributed by atoms with Crippen molar-refractivity contribution in [2.75, 3.05) is 26.2 Å². The lowest BCUT2D eigenvalue weighted by Gasteiger charge is -2.19. The lowest BCUT2D eigenvalue weighted by Crippen LogP contribution is -2.38. The summed E-state index contributed by atoms with van der Waals surface area (Å²) in [5.41, 5.74) is 6.21. The Labute approximate surface area is 303 Å². The maximum Gasteiger partial charge on any atom is 0.323 e. The summed E-state index contributed by atoms with van der Waals surface area (Å²) in [7, 11) is 0. The number of carboxylic acids is 1. The first kappa shape index (κ1) is 36.1. The molecule has 1 unspecified atom stereocenters. The van der Waals surface area contributed by atoms with Crippen LogP contribution in [0, 0.1) is 25.2 Å². The number of aromatic nitrogens is 1. The molecule has 0 bridgehead atoms. The Bertz CT molecular complexity index is 1920. The molecule has 2 aliphatic rings. The van der Waals surface area contributed by atoms with E-state index in [-0.39, 0.29) is 25.9 Å². The van der Waals surface area contributed by atoms with Gasteiger partial charge in [-0.05, 0) is 85.5 Å². The van der Waals surface area contributed by atoms with Gasteiger partial charge >= 0.3 is 5.97 Å². The topological polar surface area (TPSA) is 137 Å². The van der Waals surface area contributed by atoms with Crippen LogP contribution >= 0.6 is 11.6 Å². The molecule has 0 radical (unpaired) electrons. The first-order valence-electron chi connectivity index (χ1n) is 17.3. The highest BCUT2D eigenvalue weighted by Crippen LogP contribution is 2.39. The Morgan fingerprint density at radius 2 is 1.76 bits per heavy atom. The highest BCUT2D eigenvalue weighted by atomic mass is 35.5. The molecule has 1 aliphatic carbocycles. The molecule has 1 aliphatic heterocycles. The number of aliphatic carboxylic acids is 1. The van der Waals surface area contributed by atoms with Crippen molar-refractivity contribution in [2.24, 2.45) is 0 Å². The van der Waals surface area contributed by atoms with Crippen LogP contribution in [0.2, 0.25) is 5.02 Å². The first-order valence-corrected chi connectivity index (χ1v) is 17.7. The van der Waals surface area contributed by atoms with Crippen LogP contribution in [0.1, 0.15) is 59.1 Å². The molecule has 51 heavy (non-hydrogen) atoms. The zero-order chi connectivity index (χ0) is 36.0. The quantitative estimate of drug-likeness (QED) is 0.109. The molecular formula is C40H43ClN4O6. The van der Waals surface area contributed by atoms with Gasteiger partial charge in [0.2, 0.25) is 0 Å².